The Morgan fingerprint density at radius 2 is 1.72 bits per heavy atom. The van der Waals surface area contributed by atoms with Crippen LogP contribution in [0.15, 0.2) is 0 Å². The van der Waals surface area contributed by atoms with Gasteiger partial charge < -0.3 is 10.6 Å². The molecule has 1 fully saturated rings. The number of nitrogens with two attached hydrogens (primary N) is 1. The molecule has 0 unspecified atom stereocenters. The first-order chi connectivity index (χ1) is 8.65. The molecule has 1 saturated heterocycles. The molecule has 1 aliphatic heterocycles. The van der Waals surface area contributed by atoms with Crippen molar-refractivity contribution in [3.63, 3.8) is 0 Å². The molecule has 2 heterocycles. The zero-order valence-corrected chi connectivity index (χ0v) is 11.3. The smallest absolute Gasteiger partial charge is 0.229 e. The number of anilines is 2. The largest absolute Gasteiger partial charge is 0.368 e. The van der Waals surface area contributed by atoms with E-state index in [-0.39, 0.29) is 0 Å². The summed E-state index contributed by atoms with van der Waals surface area (Å²) in [5.41, 5.74) is 5.73. The van der Waals surface area contributed by atoms with Gasteiger partial charge in [0.1, 0.15) is 5.82 Å². The van der Waals surface area contributed by atoms with Crippen LogP contribution in [0.1, 0.15) is 31.5 Å². The van der Waals surface area contributed by atoms with Gasteiger partial charge in [0.15, 0.2) is 0 Å². The second-order valence-electron chi connectivity index (χ2n) is 4.99. The van der Waals surface area contributed by atoms with Gasteiger partial charge in [-0.2, -0.15) is 15.0 Å². The highest BCUT2D eigenvalue weighted by Crippen LogP contribution is 2.13. The first-order valence-electron chi connectivity index (χ1n) is 6.55. The standard InChI is InChI=1S/C12H22N6/c1-17(2)12-15-10(14-11(13)16-12)9-18-7-5-3-4-6-8-18/h3-9H2,1-2H3,(H2,13,14,15,16). The fourth-order valence-corrected chi connectivity index (χ4v) is 2.19. The average Bonchev–Trinajstić information content (AvgIpc) is 2.57. The predicted molar refractivity (Wildman–Crippen MR) is 72.3 cm³/mol. The minimum Gasteiger partial charge on any atom is -0.368 e. The minimum absolute atomic E-state index is 0.304. The minimum atomic E-state index is 0.304. The molecule has 1 aromatic heterocycles. The Kier molecular flexibility index (Phi) is 4.30. The van der Waals surface area contributed by atoms with E-state index >= 15 is 0 Å². The number of hydrogen-bond acceptors (Lipinski definition) is 6. The van der Waals surface area contributed by atoms with Crippen LogP contribution in [0.4, 0.5) is 11.9 Å². The third-order valence-corrected chi connectivity index (χ3v) is 3.15. The molecule has 1 aromatic rings. The molecule has 6 nitrogen and oxygen atoms in total. The van der Waals surface area contributed by atoms with Crippen LogP contribution in [0, 0.1) is 0 Å². The van der Waals surface area contributed by atoms with E-state index in [0.29, 0.717) is 11.9 Å². The van der Waals surface area contributed by atoms with Gasteiger partial charge in [0.25, 0.3) is 0 Å². The summed E-state index contributed by atoms with van der Waals surface area (Å²) in [6.07, 6.45) is 5.19. The number of likely N-dealkylation sites (tertiary alicyclic amines) is 1. The Bertz CT molecular complexity index is 384. The van der Waals surface area contributed by atoms with Crippen molar-refractivity contribution in [3.05, 3.63) is 5.82 Å². The molecule has 100 valence electrons. The van der Waals surface area contributed by atoms with Gasteiger partial charge in [0, 0.05) is 14.1 Å². The van der Waals surface area contributed by atoms with Gasteiger partial charge in [-0.3, -0.25) is 4.90 Å². The van der Waals surface area contributed by atoms with Crippen molar-refractivity contribution in [1.29, 1.82) is 0 Å². The molecule has 1 aliphatic rings. The van der Waals surface area contributed by atoms with E-state index in [9.17, 15) is 0 Å². The molecule has 0 atom stereocenters. The lowest BCUT2D eigenvalue weighted by Crippen LogP contribution is -2.26. The highest BCUT2D eigenvalue weighted by atomic mass is 15.3. The molecule has 0 amide bonds. The monoisotopic (exact) mass is 250 g/mol. The normalized spacial score (nSPS) is 17.4. The van der Waals surface area contributed by atoms with Crippen molar-refractivity contribution < 1.29 is 0 Å². The number of aromatic nitrogens is 3. The summed E-state index contributed by atoms with van der Waals surface area (Å²) in [6, 6.07) is 0. The predicted octanol–water partition coefficient (Wildman–Crippen LogP) is 0.896. The topological polar surface area (TPSA) is 71.2 Å². The van der Waals surface area contributed by atoms with E-state index in [1.165, 1.54) is 25.7 Å². The molecule has 2 N–H and O–H groups in total. The first kappa shape index (κ1) is 13.0. The third-order valence-electron chi connectivity index (χ3n) is 3.15. The molecule has 0 saturated carbocycles. The SMILES string of the molecule is CN(C)c1nc(N)nc(CN2CCCCCC2)n1. The highest BCUT2D eigenvalue weighted by molar-refractivity contribution is 5.32. The number of nitrogen functional groups attached to an aromatic ring is 1. The molecule has 0 radical (unpaired) electrons. The Labute approximate surface area is 108 Å². The molecule has 6 heteroatoms. The Morgan fingerprint density at radius 1 is 1.06 bits per heavy atom. The van der Waals surface area contributed by atoms with Gasteiger partial charge in [-0.1, -0.05) is 12.8 Å². The summed E-state index contributed by atoms with van der Waals surface area (Å²) in [6.45, 7) is 3.03. The van der Waals surface area contributed by atoms with Gasteiger partial charge in [-0.25, -0.2) is 0 Å². The van der Waals surface area contributed by atoms with Crippen molar-refractivity contribution in [3.8, 4) is 0 Å². The van der Waals surface area contributed by atoms with E-state index in [1.807, 2.05) is 19.0 Å². The number of hydrogen-bond donors (Lipinski definition) is 1. The first-order valence-corrected chi connectivity index (χ1v) is 6.55. The Balaban J connectivity index is 2.07. The van der Waals surface area contributed by atoms with E-state index < -0.39 is 0 Å². The summed E-state index contributed by atoms with van der Waals surface area (Å²) in [5, 5.41) is 0. The van der Waals surface area contributed by atoms with Gasteiger partial charge in [-0.05, 0) is 25.9 Å². The number of rotatable bonds is 3. The lowest BCUT2D eigenvalue weighted by atomic mass is 10.2. The second-order valence-corrected chi connectivity index (χ2v) is 4.99. The zero-order chi connectivity index (χ0) is 13.0. The van der Waals surface area contributed by atoms with Crippen molar-refractivity contribution in [2.75, 3.05) is 37.8 Å². The maximum Gasteiger partial charge on any atom is 0.229 e. The van der Waals surface area contributed by atoms with Crippen LogP contribution in [0.5, 0.6) is 0 Å². The van der Waals surface area contributed by atoms with Crippen LogP contribution in [0.3, 0.4) is 0 Å². The van der Waals surface area contributed by atoms with Crippen LogP contribution in [0.25, 0.3) is 0 Å². The summed E-state index contributed by atoms with van der Waals surface area (Å²) < 4.78 is 0. The Hall–Kier alpha value is -1.43. The fourth-order valence-electron chi connectivity index (χ4n) is 2.19. The van der Waals surface area contributed by atoms with Crippen LogP contribution in [-0.2, 0) is 6.54 Å². The second kappa shape index (κ2) is 5.95. The maximum absolute atomic E-state index is 5.73. The van der Waals surface area contributed by atoms with Crippen LogP contribution in [-0.4, -0.2) is 47.0 Å². The molecular weight excluding hydrogens is 228 g/mol. The molecule has 0 spiro atoms. The zero-order valence-electron chi connectivity index (χ0n) is 11.3. The van der Waals surface area contributed by atoms with E-state index in [4.69, 9.17) is 5.73 Å². The van der Waals surface area contributed by atoms with Crippen molar-refractivity contribution in [1.82, 2.24) is 19.9 Å². The van der Waals surface area contributed by atoms with Gasteiger partial charge in [0.05, 0.1) is 6.54 Å². The van der Waals surface area contributed by atoms with E-state index in [1.54, 1.807) is 0 Å². The quantitative estimate of drug-likeness (QED) is 0.859. The molecule has 2 rings (SSSR count). The van der Waals surface area contributed by atoms with Crippen molar-refractivity contribution >= 4 is 11.9 Å². The van der Waals surface area contributed by atoms with Crippen LogP contribution in [0.2, 0.25) is 0 Å². The molecule has 0 bridgehead atoms. The maximum atomic E-state index is 5.73. The van der Waals surface area contributed by atoms with E-state index in [2.05, 4.69) is 19.9 Å². The van der Waals surface area contributed by atoms with Gasteiger partial charge in [0.2, 0.25) is 11.9 Å². The van der Waals surface area contributed by atoms with E-state index in [0.717, 1.165) is 25.5 Å². The summed E-state index contributed by atoms with van der Waals surface area (Å²) >= 11 is 0. The van der Waals surface area contributed by atoms with Gasteiger partial charge in [-0.15, -0.1) is 0 Å². The fraction of sp³-hybridized carbons (Fsp3) is 0.750. The van der Waals surface area contributed by atoms with Crippen molar-refractivity contribution in [2.45, 2.75) is 32.2 Å². The lowest BCUT2D eigenvalue weighted by molar-refractivity contribution is 0.270. The van der Waals surface area contributed by atoms with Crippen molar-refractivity contribution in [2.24, 2.45) is 0 Å². The molecular formula is C12H22N6. The van der Waals surface area contributed by atoms with Crippen LogP contribution >= 0.6 is 0 Å². The number of nitrogens with zero attached hydrogens (tertiary/aromatic N) is 5. The molecule has 0 aliphatic carbocycles. The van der Waals surface area contributed by atoms with Gasteiger partial charge >= 0.3 is 0 Å². The lowest BCUT2D eigenvalue weighted by Gasteiger charge is -2.19. The molecule has 18 heavy (non-hydrogen) atoms. The van der Waals surface area contributed by atoms with Crippen LogP contribution < -0.4 is 10.6 Å². The summed E-state index contributed by atoms with van der Waals surface area (Å²) in [7, 11) is 3.81. The summed E-state index contributed by atoms with van der Waals surface area (Å²) in [4.78, 5) is 17.0. The highest BCUT2D eigenvalue weighted by Gasteiger charge is 2.13. The third kappa shape index (κ3) is 3.53. The Morgan fingerprint density at radius 3 is 2.33 bits per heavy atom. The molecule has 0 aromatic carbocycles. The summed E-state index contributed by atoms with van der Waals surface area (Å²) in [5.74, 6) is 1.71. The average molecular weight is 250 g/mol.